The fraction of sp³-hybridized carbons (Fsp3) is 0.154. The van der Waals surface area contributed by atoms with Crippen molar-refractivity contribution < 1.29 is 0 Å². The highest BCUT2D eigenvalue weighted by atomic mass is 79.9. The third kappa shape index (κ3) is 2.99. The number of aromatic nitrogens is 1. The SMILES string of the molecule is CC(Cl)c1ccccc1Nc1ccncc1Br. The molecule has 17 heavy (non-hydrogen) atoms. The van der Waals surface area contributed by atoms with E-state index in [1.165, 1.54) is 0 Å². The summed E-state index contributed by atoms with van der Waals surface area (Å²) in [6.45, 7) is 1.96. The summed E-state index contributed by atoms with van der Waals surface area (Å²) in [6, 6.07) is 9.93. The molecule has 1 aromatic carbocycles. The van der Waals surface area contributed by atoms with Crippen LogP contribution in [-0.4, -0.2) is 4.98 Å². The summed E-state index contributed by atoms with van der Waals surface area (Å²) in [6.07, 6.45) is 3.51. The van der Waals surface area contributed by atoms with Crippen molar-refractivity contribution in [3.05, 3.63) is 52.8 Å². The van der Waals surface area contributed by atoms with Gasteiger partial charge < -0.3 is 5.32 Å². The van der Waals surface area contributed by atoms with E-state index in [1.54, 1.807) is 12.4 Å². The van der Waals surface area contributed by atoms with Gasteiger partial charge in [0.15, 0.2) is 0 Å². The average molecular weight is 312 g/mol. The summed E-state index contributed by atoms with van der Waals surface area (Å²) in [5.74, 6) is 0. The molecule has 0 amide bonds. The lowest BCUT2D eigenvalue weighted by Gasteiger charge is -2.14. The molecule has 0 aliphatic heterocycles. The van der Waals surface area contributed by atoms with Crippen LogP contribution in [0.25, 0.3) is 0 Å². The van der Waals surface area contributed by atoms with Gasteiger partial charge in [-0.05, 0) is 40.5 Å². The second-order valence-electron chi connectivity index (χ2n) is 3.68. The Morgan fingerprint density at radius 3 is 2.71 bits per heavy atom. The standard InChI is InChI=1S/C13H12BrClN2/c1-9(15)10-4-2-3-5-12(10)17-13-6-7-16-8-11(13)14/h2-9H,1H3,(H,16,17). The fourth-order valence-electron chi connectivity index (χ4n) is 1.58. The first kappa shape index (κ1) is 12.4. The highest BCUT2D eigenvalue weighted by molar-refractivity contribution is 9.10. The van der Waals surface area contributed by atoms with Crippen LogP contribution in [0.3, 0.4) is 0 Å². The van der Waals surface area contributed by atoms with E-state index < -0.39 is 0 Å². The van der Waals surface area contributed by atoms with Gasteiger partial charge >= 0.3 is 0 Å². The molecule has 0 saturated carbocycles. The zero-order chi connectivity index (χ0) is 12.3. The molecule has 0 saturated heterocycles. The van der Waals surface area contributed by atoms with Gasteiger partial charge in [-0.25, -0.2) is 0 Å². The molecule has 1 heterocycles. The van der Waals surface area contributed by atoms with E-state index in [-0.39, 0.29) is 5.38 Å². The monoisotopic (exact) mass is 310 g/mol. The van der Waals surface area contributed by atoms with Crippen LogP contribution < -0.4 is 5.32 Å². The number of rotatable bonds is 3. The van der Waals surface area contributed by atoms with Crippen molar-refractivity contribution in [3.63, 3.8) is 0 Å². The van der Waals surface area contributed by atoms with Crippen LogP contribution in [0.1, 0.15) is 17.9 Å². The number of pyridine rings is 1. The van der Waals surface area contributed by atoms with E-state index in [2.05, 4.69) is 26.2 Å². The van der Waals surface area contributed by atoms with Crippen LogP contribution in [0.4, 0.5) is 11.4 Å². The molecule has 2 nitrogen and oxygen atoms in total. The molecule has 1 atom stereocenters. The number of halogens is 2. The molecule has 1 aromatic heterocycles. The van der Waals surface area contributed by atoms with Crippen molar-refractivity contribution in [2.75, 3.05) is 5.32 Å². The second kappa shape index (κ2) is 5.52. The molecule has 0 spiro atoms. The maximum Gasteiger partial charge on any atom is 0.0593 e. The number of hydrogen-bond acceptors (Lipinski definition) is 2. The first-order valence-corrected chi connectivity index (χ1v) is 6.51. The number of anilines is 2. The van der Waals surface area contributed by atoms with Gasteiger partial charge in [-0.3, -0.25) is 4.98 Å². The quantitative estimate of drug-likeness (QED) is 0.817. The summed E-state index contributed by atoms with van der Waals surface area (Å²) in [4.78, 5) is 4.03. The van der Waals surface area contributed by atoms with E-state index in [1.807, 2.05) is 37.3 Å². The summed E-state index contributed by atoms with van der Waals surface area (Å²) < 4.78 is 0.928. The molecular weight excluding hydrogens is 300 g/mol. The van der Waals surface area contributed by atoms with Crippen molar-refractivity contribution in [3.8, 4) is 0 Å². The predicted octanol–water partition coefficient (Wildman–Crippen LogP) is 4.89. The maximum absolute atomic E-state index is 6.15. The first-order valence-electron chi connectivity index (χ1n) is 5.28. The zero-order valence-corrected chi connectivity index (χ0v) is 11.7. The Labute approximate surface area is 114 Å². The first-order chi connectivity index (χ1) is 8.18. The summed E-state index contributed by atoms with van der Waals surface area (Å²) >= 11 is 9.61. The van der Waals surface area contributed by atoms with Crippen LogP contribution in [0, 0.1) is 0 Å². The lowest BCUT2D eigenvalue weighted by molar-refractivity contribution is 1.09. The molecule has 0 bridgehead atoms. The summed E-state index contributed by atoms with van der Waals surface area (Å²) in [7, 11) is 0. The van der Waals surface area contributed by atoms with Crippen LogP contribution >= 0.6 is 27.5 Å². The maximum atomic E-state index is 6.15. The minimum absolute atomic E-state index is 0.0284. The van der Waals surface area contributed by atoms with E-state index in [0.717, 1.165) is 21.4 Å². The minimum atomic E-state index is -0.0284. The van der Waals surface area contributed by atoms with Gasteiger partial charge in [-0.1, -0.05) is 18.2 Å². The molecule has 2 aromatic rings. The number of para-hydroxylation sites is 1. The molecule has 4 heteroatoms. The van der Waals surface area contributed by atoms with Crippen LogP contribution in [0.2, 0.25) is 0 Å². The van der Waals surface area contributed by atoms with E-state index in [0.29, 0.717) is 0 Å². The molecule has 88 valence electrons. The number of alkyl halides is 1. The number of nitrogens with zero attached hydrogens (tertiary/aromatic N) is 1. The predicted molar refractivity (Wildman–Crippen MR) is 75.9 cm³/mol. The van der Waals surface area contributed by atoms with E-state index in [9.17, 15) is 0 Å². The van der Waals surface area contributed by atoms with Crippen molar-refractivity contribution in [2.45, 2.75) is 12.3 Å². The van der Waals surface area contributed by atoms with Gasteiger partial charge in [-0.15, -0.1) is 11.6 Å². The Morgan fingerprint density at radius 1 is 1.24 bits per heavy atom. The zero-order valence-electron chi connectivity index (χ0n) is 9.32. The molecule has 0 radical (unpaired) electrons. The molecule has 0 fully saturated rings. The molecule has 0 aliphatic rings. The van der Waals surface area contributed by atoms with E-state index in [4.69, 9.17) is 11.6 Å². The van der Waals surface area contributed by atoms with Crippen molar-refractivity contribution in [1.82, 2.24) is 4.98 Å². The number of benzene rings is 1. The van der Waals surface area contributed by atoms with Gasteiger partial charge in [0, 0.05) is 18.1 Å². The van der Waals surface area contributed by atoms with E-state index >= 15 is 0 Å². The Morgan fingerprint density at radius 2 is 2.00 bits per heavy atom. The van der Waals surface area contributed by atoms with Gasteiger partial charge in [0.1, 0.15) is 0 Å². The molecule has 1 unspecified atom stereocenters. The van der Waals surface area contributed by atoms with Gasteiger partial charge in [0.2, 0.25) is 0 Å². The van der Waals surface area contributed by atoms with Gasteiger partial charge in [0.25, 0.3) is 0 Å². The fourth-order valence-corrected chi connectivity index (χ4v) is 2.12. The number of nitrogens with one attached hydrogen (secondary N) is 1. The molecular formula is C13H12BrClN2. The average Bonchev–Trinajstić information content (AvgIpc) is 2.32. The van der Waals surface area contributed by atoms with Crippen molar-refractivity contribution in [1.29, 1.82) is 0 Å². The smallest absolute Gasteiger partial charge is 0.0593 e. The third-order valence-electron chi connectivity index (χ3n) is 2.43. The number of hydrogen-bond donors (Lipinski definition) is 1. The minimum Gasteiger partial charge on any atom is -0.354 e. The Kier molecular flexibility index (Phi) is 4.02. The van der Waals surface area contributed by atoms with Crippen LogP contribution in [0.15, 0.2) is 47.2 Å². The Balaban J connectivity index is 2.34. The van der Waals surface area contributed by atoms with Crippen LogP contribution in [0.5, 0.6) is 0 Å². The second-order valence-corrected chi connectivity index (χ2v) is 5.19. The highest BCUT2D eigenvalue weighted by Gasteiger charge is 2.08. The third-order valence-corrected chi connectivity index (χ3v) is 3.30. The largest absolute Gasteiger partial charge is 0.354 e. The lowest BCUT2D eigenvalue weighted by Crippen LogP contribution is -1.97. The molecule has 1 N–H and O–H groups in total. The van der Waals surface area contributed by atoms with Crippen molar-refractivity contribution >= 4 is 38.9 Å². The topological polar surface area (TPSA) is 24.9 Å². The Bertz CT molecular complexity index is 514. The van der Waals surface area contributed by atoms with Crippen molar-refractivity contribution in [2.24, 2.45) is 0 Å². The molecule has 0 aliphatic carbocycles. The lowest BCUT2D eigenvalue weighted by atomic mass is 10.1. The molecule has 2 rings (SSSR count). The Hall–Kier alpha value is -1.06. The summed E-state index contributed by atoms with van der Waals surface area (Å²) in [5, 5.41) is 3.32. The normalized spacial score (nSPS) is 12.2. The van der Waals surface area contributed by atoms with Gasteiger partial charge in [-0.2, -0.15) is 0 Å². The van der Waals surface area contributed by atoms with Crippen LogP contribution in [-0.2, 0) is 0 Å². The highest BCUT2D eigenvalue weighted by Crippen LogP contribution is 2.31. The van der Waals surface area contributed by atoms with Gasteiger partial charge in [0.05, 0.1) is 15.5 Å². The summed E-state index contributed by atoms with van der Waals surface area (Å²) in [5.41, 5.74) is 3.07.